The molecule has 2 heterocycles. The highest BCUT2D eigenvalue weighted by Gasteiger charge is 2.26. The Morgan fingerprint density at radius 3 is 2.92 bits per heavy atom. The van der Waals surface area contributed by atoms with E-state index in [1.807, 2.05) is 12.1 Å². The second-order valence-electron chi connectivity index (χ2n) is 3.53. The fourth-order valence-corrected chi connectivity index (χ4v) is 2.14. The Morgan fingerprint density at radius 2 is 2.46 bits per heavy atom. The third-order valence-electron chi connectivity index (χ3n) is 2.72. The first-order valence-electron chi connectivity index (χ1n) is 4.78. The number of likely N-dealkylation sites (tertiary alicyclic amines) is 1. The van der Waals surface area contributed by atoms with Crippen LogP contribution in [0.25, 0.3) is 0 Å². The van der Waals surface area contributed by atoms with Crippen LogP contribution in [-0.4, -0.2) is 17.5 Å². The maximum atomic E-state index is 5.46. The molecule has 1 aromatic rings. The molecule has 0 radical (unpaired) electrons. The van der Waals surface area contributed by atoms with Crippen molar-refractivity contribution in [2.75, 3.05) is 6.54 Å². The number of rotatable bonds is 3. The SMILES string of the molecule is CCC1CCN1Cc1ccc(Br)o1. The van der Waals surface area contributed by atoms with Crippen molar-refractivity contribution < 1.29 is 4.42 Å². The second kappa shape index (κ2) is 3.84. The van der Waals surface area contributed by atoms with Crippen molar-refractivity contribution >= 4 is 15.9 Å². The quantitative estimate of drug-likeness (QED) is 0.812. The molecule has 13 heavy (non-hydrogen) atoms. The van der Waals surface area contributed by atoms with E-state index in [1.54, 1.807) is 0 Å². The van der Waals surface area contributed by atoms with Crippen molar-refractivity contribution in [3.63, 3.8) is 0 Å². The molecule has 0 aliphatic carbocycles. The van der Waals surface area contributed by atoms with Crippen LogP contribution in [0.5, 0.6) is 0 Å². The molecule has 0 aromatic carbocycles. The van der Waals surface area contributed by atoms with Crippen LogP contribution in [-0.2, 0) is 6.54 Å². The first kappa shape index (κ1) is 9.28. The van der Waals surface area contributed by atoms with Gasteiger partial charge in [0.05, 0.1) is 6.54 Å². The molecule has 1 aliphatic rings. The largest absolute Gasteiger partial charge is 0.453 e. The van der Waals surface area contributed by atoms with Crippen LogP contribution in [0.3, 0.4) is 0 Å². The van der Waals surface area contributed by atoms with Gasteiger partial charge in [-0.25, -0.2) is 0 Å². The predicted molar refractivity (Wildman–Crippen MR) is 55.5 cm³/mol. The van der Waals surface area contributed by atoms with Crippen molar-refractivity contribution in [3.8, 4) is 0 Å². The lowest BCUT2D eigenvalue weighted by molar-refractivity contribution is 0.0709. The molecule has 1 fully saturated rings. The van der Waals surface area contributed by atoms with Crippen LogP contribution in [0, 0.1) is 0 Å². The average molecular weight is 244 g/mol. The topological polar surface area (TPSA) is 16.4 Å². The second-order valence-corrected chi connectivity index (χ2v) is 4.31. The minimum absolute atomic E-state index is 0.781. The van der Waals surface area contributed by atoms with E-state index in [4.69, 9.17) is 4.42 Å². The Labute approximate surface area is 87.0 Å². The van der Waals surface area contributed by atoms with Crippen molar-refractivity contribution in [3.05, 3.63) is 22.6 Å². The first-order valence-corrected chi connectivity index (χ1v) is 5.57. The van der Waals surface area contributed by atoms with Gasteiger partial charge in [0.1, 0.15) is 5.76 Å². The number of furan rings is 1. The fraction of sp³-hybridized carbons (Fsp3) is 0.600. The molecule has 1 aliphatic heterocycles. The molecule has 72 valence electrons. The van der Waals surface area contributed by atoms with E-state index < -0.39 is 0 Å². The lowest BCUT2D eigenvalue weighted by Crippen LogP contribution is -2.46. The van der Waals surface area contributed by atoms with E-state index in [0.717, 1.165) is 23.0 Å². The van der Waals surface area contributed by atoms with Crippen LogP contribution in [0.15, 0.2) is 21.2 Å². The van der Waals surface area contributed by atoms with Gasteiger partial charge in [0.25, 0.3) is 0 Å². The van der Waals surface area contributed by atoms with Gasteiger partial charge in [0.15, 0.2) is 4.67 Å². The molecule has 1 unspecified atom stereocenters. The molecule has 2 rings (SSSR count). The molecule has 0 spiro atoms. The highest BCUT2D eigenvalue weighted by atomic mass is 79.9. The Kier molecular flexibility index (Phi) is 2.74. The summed E-state index contributed by atoms with van der Waals surface area (Å²) in [7, 11) is 0. The van der Waals surface area contributed by atoms with Crippen LogP contribution in [0.2, 0.25) is 0 Å². The Bertz CT molecular complexity index is 282. The van der Waals surface area contributed by atoms with E-state index >= 15 is 0 Å². The minimum Gasteiger partial charge on any atom is -0.453 e. The molecule has 0 amide bonds. The molecular formula is C10H14BrNO. The average Bonchev–Trinajstić information content (AvgIpc) is 2.46. The highest BCUT2D eigenvalue weighted by Crippen LogP contribution is 2.24. The molecule has 0 N–H and O–H groups in total. The van der Waals surface area contributed by atoms with Gasteiger partial charge in [-0.05, 0) is 40.9 Å². The molecule has 0 saturated carbocycles. The Balaban J connectivity index is 1.91. The monoisotopic (exact) mass is 243 g/mol. The van der Waals surface area contributed by atoms with Gasteiger partial charge in [-0.3, -0.25) is 4.90 Å². The standard InChI is InChI=1S/C10H14BrNO/c1-2-8-5-6-12(8)7-9-3-4-10(11)13-9/h3-4,8H,2,5-7H2,1H3. The predicted octanol–water partition coefficient (Wildman–Crippen LogP) is 3.03. The molecule has 1 atom stereocenters. The number of hydrogen-bond donors (Lipinski definition) is 0. The fourth-order valence-electron chi connectivity index (χ4n) is 1.80. The zero-order valence-electron chi connectivity index (χ0n) is 7.79. The van der Waals surface area contributed by atoms with Crippen LogP contribution in [0.4, 0.5) is 0 Å². The van der Waals surface area contributed by atoms with E-state index in [1.165, 1.54) is 19.4 Å². The summed E-state index contributed by atoms with van der Waals surface area (Å²) in [5.74, 6) is 1.06. The van der Waals surface area contributed by atoms with Crippen LogP contribution >= 0.6 is 15.9 Å². The summed E-state index contributed by atoms with van der Waals surface area (Å²) >= 11 is 3.31. The normalized spacial score (nSPS) is 23.1. The summed E-state index contributed by atoms with van der Waals surface area (Å²) in [6.07, 6.45) is 2.60. The van der Waals surface area contributed by atoms with E-state index in [2.05, 4.69) is 27.8 Å². The van der Waals surface area contributed by atoms with Gasteiger partial charge in [0.2, 0.25) is 0 Å². The van der Waals surface area contributed by atoms with Gasteiger partial charge in [-0.15, -0.1) is 0 Å². The molecule has 1 saturated heterocycles. The summed E-state index contributed by atoms with van der Waals surface area (Å²) < 4.78 is 6.29. The van der Waals surface area contributed by atoms with E-state index in [9.17, 15) is 0 Å². The Morgan fingerprint density at radius 1 is 1.62 bits per heavy atom. The van der Waals surface area contributed by atoms with Crippen molar-refractivity contribution in [1.82, 2.24) is 4.90 Å². The molecular weight excluding hydrogens is 230 g/mol. The maximum absolute atomic E-state index is 5.46. The molecule has 2 nitrogen and oxygen atoms in total. The third kappa shape index (κ3) is 1.97. The van der Waals surface area contributed by atoms with Gasteiger partial charge in [-0.2, -0.15) is 0 Å². The number of hydrogen-bond acceptors (Lipinski definition) is 2. The van der Waals surface area contributed by atoms with Crippen molar-refractivity contribution in [2.45, 2.75) is 32.4 Å². The number of halogens is 1. The van der Waals surface area contributed by atoms with Crippen LogP contribution in [0.1, 0.15) is 25.5 Å². The van der Waals surface area contributed by atoms with Gasteiger partial charge < -0.3 is 4.42 Å². The smallest absolute Gasteiger partial charge is 0.169 e. The molecule has 3 heteroatoms. The highest BCUT2D eigenvalue weighted by molar-refractivity contribution is 9.10. The first-order chi connectivity index (χ1) is 6.29. The zero-order valence-corrected chi connectivity index (χ0v) is 9.38. The zero-order chi connectivity index (χ0) is 9.26. The van der Waals surface area contributed by atoms with Gasteiger partial charge >= 0.3 is 0 Å². The van der Waals surface area contributed by atoms with Crippen molar-refractivity contribution in [1.29, 1.82) is 0 Å². The maximum Gasteiger partial charge on any atom is 0.169 e. The van der Waals surface area contributed by atoms with Gasteiger partial charge in [0, 0.05) is 12.6 Å². The lowest BCUT2D eigenvalue weighted by atomic mass is 10.0. The minimum atomic E-state index is 0.781. The summed E-state index contributed by atoms with van der Waals surface area (Å²) in [6, 6.07) is 4.77. The molecule has 1 aromatic heterocycles. The van der Waals surface area contributed by atoms with Crippen LogP contribution < -0.4 is 0 Å². The van der Waals surface area contributed by atoms with E-state index in [-0.39, 0.29) is 0 Å². The number of nitrogens with zero attached hydrogens (tertiary/aromatic N) is 1. The summed E-state index contributed by atoms with van der Waals surface area (Å²) in [4.78, 5) is 2.46. The molecule has 0 bridgehead atoms. The summed E-state index contributed by atoms with van der Waals surface area (Å²) in [5, 5.41) is 0. The van der Waals surface area contributed by atoms with E-state index in [0.29, 0.717) is 0 Å². The third-order valence-corrected chi connectivity index (χ3v) is 3.15. The van der Waals surface area contributed by atoms with Gasteiger partial charge in [-0.1, -0.05) is 6.92 Å². The summed E-state index contributed by atoms with van der Waals surface area (Å²) in [6.45, 7) is 4.43. The Hall–Kier alpha value is -0.280. The van der Waals surface area contributed by atoms with Crippen molar-refractivity contribution in [2.24, 2.45) is 0 Å². The summed E-state index contributed by atoms with van der Waals surface area (Å²) in [5.41, 5.74) is 0. The lowest BCUT2D eigenvalue weighted by Gasteiger charge is -2.39.